The number of urea groups is 1. The van der Waals surface area contributed by atoms with Crippen molar-refractivity contribution in [3.63, 3.8) is 0 Å². The molecule has 2 aromatic carbocycles. The third-order valence-electron chi connectivity index (χ3n) is 11.4. The molecule has 19 nitrogen and oxygen atoms in total. The van der Waals surface area contributed by atoms with E-state index < -0.39 is 0 Å². The molecule has 3 aliphatic heterocycles. The molecule has 5 amide bonds. The molecule has 3 aromatic rings. The summed E-state index contributed by atoms with van der Waals surface area (Å²) in [5.74, 6) is 2.61. The van der Waals surface area contributed by atoms with E-state index in [-0.39, 0.29) is 61.0 Å². The van der Waals surface area contributed by atoms with Crippen LogP contribution in [0, 0.1) is 6.92 Å². The molecule has 0 radical (unpaired) electrons. The van der Waals surface area contributed by atoms with Gasteiger partial charge in [0, 0.05) is 98.0 Å². The van der Waals surface area contributed by atoms with E-state index in [1.807, 2.05) is 67.2 Å². The second-order valence-electron chi connectivity index (χ2n) is 17.0. The number of rotatable bonds is 35. The highest BCUT2D eigenvalue weighted by Crippen LogP contribution is 2.33. The van der Waals surface area contributed by atoms with E-state index >= 15 is 0 Å². The number of benzene rings is 2. The maximum atomic E-state index is 12.3. The van der Waals surface area contributed by atoms with Gasteiger partial charge >= 0.3 is 6.03 Å². The van der Waals surface area contributed by atoms with Gasteiger partial charge in [0.1, 0.15) is 17.7 Å². The molecule has 3 aliphatic rings. The van der Waals surface area contributed by atoms with Crippen molar-refractivity contribution >= 4 is 64.3 Å². The molecular formula is C49H70N10O9S. The maximum absolute atomic E-state index is 12.3. The van der Waals surface area contributed by atoms with Crippen molar-refractivity contribution in [2.24, 2.45) is 0 Å². The zero-order valence-electron chi connectivity index (χ0n) is 39.7. The van der Waals surface area contributed by atoms with Crippen LogP contribution in [0.2, 0.25) is 0 Å². The summed E-state index contributed by atoms with van der Waals surface area (Å²) in [5.41, 5.74) is 3.46. The Labute approximate surface area is 409 Å². The summed E-state index contributed by atoms with van der Waals surface area (Å²) in [7, 11) is 0. The number of aryl methyl sites for hydroxylation is 1. The lowest BCUT2D eigenvalue weighted by molar-refractivity contribution is -0.123. The van der Waals surface area contributed by atoms with E-state index in [4.69, 9.17) is 28.7 Å². The van der Waals surface area contributed by atoms with Crippen molar-refractivity contribution in [1.29, 1.82) is 0 Å². The summed E-state index contributed by atoms with van der Waals surface area (Å²) in [6.07, 6.45) is 9.90. The molecule has 20 heteroatoms. The Kier molecular flexibility index (Phi) is 22.4. The summed E-state index contributed by atoms with van der Waals surface area (Å²) in [6.45, 7) is 10.6. The van der Waals surface area contributed by atoms with Crippen LogP contribution in [-0.2, 0) is 33.3 Å². The number of nitrogens with one attached hydrogen (secondary N) is 8. The predicted molar refractivity (Wildman–Crippen MR) is 267 cm³/mol. The number of carbonyl (C=O) groups is 4. The van der Waals surface area contributed by atoms with E-state index in [9.17, 15) is 19.2 Å². The van der Waals surface area contributed by atoms with Crippen LogP contribution in [0.4, 0.5) is 33.6 Å². The zero-order chi connectivity index (χ0) is 48.5. The number of unbranched alkanes of at least 4 members (excludes halogenated alkanes) is 1. The number of hydrogen-bond acceptors (Lipinski definition) is 15. The van der Waals surface area contributed by atoms with Crippen molar-refractivity contribution in [3.05, 3.63) is 72.9 Å². The first kappa shape index (κ1) is 52.7. The molecule has 4 heterocycles. The molecule has 0 spiro atoms. The molecule has 1 aromatic heterocycles. The van der Waals surface area contributed by atoms with Crippen LogP contribution in [0.25, 0.3) is 0 Å². The van der Waals surface area contributed by atoms with Crippen molar-refractivity contribution in [3.8, 4) is 5.75 Å². The molecule has 0 bridgehead atoms. The van der Waals surface area contributed by atoms with Crippen LogP contribution < -0.4 is 47.3 Å². The average Bonchev–Trinajstić information content (AvgIpc) is 3.83. The van der Waals surface area contributed by atoms with Crippen molar-refractivity contribution < 1.29 is 42.9 Å². The maximum Gasteiger partial charge on any atom is 0.315 e. The number of thioether (sulfide) groups is 1. The summed E-state index contributed by atoms with van der Waals surface area (Å²) in [6, 6.07) is 15.8. The smallest absolute Gasteiger partial charge is 0.315 e. The molecule has 0 aliphatic carbocycles. The van der Waals surface area contributed by atoms with E-state index in [0.717, 1.165) is 54.1 Å². The SMILES string of the molecule is C=CC1OC1Nc1cccc(Nc2nc(Nc3cccc(OCCCNC(=O)CCCC(=O)NCCCOCCOCCOCCCNC(=O)CCCC[C@@H]4SC[C@@H]5NC(=O)N[C@@H]54)c3)ncc2C)c1. The first-order valence-electron chi connectivity index (χ1n) is 24.2. The van der Waals surface area contributed by atoms with Gasteiger partial charge in [-0.25, -0.2) is 9.78 Å². The van der Waals surface area contributed by atoms with Crippen LogP contribution in [0.15, 0.2) is 67.4 Å². The minimum atomic E-state index is -0.0982. The minimum absolute atomic E-state index is 0.0250. The quantitative estimate of drug-likeness (QED) is 0.0159. The Morgan fingerprint density at radius 2 is 1.39 bits per heavy atom. The van der Waals surface area contributed by atoms with Gasteiger partial charge in [-0.05, 0) is 75.8 Å². The number of nitrogens with zero attached hydrogens (tertiary/aromatic N) is 2. The normalized spacial score (nSPS) is 18.9. The third-order valence-corrected chi connectivity index (χ3v) is 12.9. The highest BCUT2D eigenvalue weighted by Gasteiger charge is 2.42. The number of amides is 5. The summed E-state index contributed by atoms with van der Waals surface area (Å²) in [5, 5.41) is 25.1. The summed E-state index contributed by atoms with van der Waals surface area (Å²) >= 11 is 1.90. The predicted octanol–water partition coefficient (Wildman–Crippen LogP) is 5.44. The van der Waals surface area contributed by atoms with Crippen LogP contribution in [-0.4, -0.2) is 135 Å². The second kappa shape index (κ2) is 29.4. The van der Waals surface area contributed by atoms with E-state index in [0.29, 0.717) is 114 Å². The van der Waals surface area contributed by atoms with Gasteiger partial charge in [-0.15, -0.1) is 6.58 Å². The fourth-order valence-electron chi connectivity index (χ4n) is 7.61. The molecule has 3 fully saturated rings. The minimum Gasteiger partial charge on any atom is -0.493 e. The lowest BCUT2D eigenvalue weighted by Gasteiger charge is -2.16. The molecular weight excluding hydrogens is 905 g/mol. The molecule has 6 rings (SSSR count). The van der Waals surface area contributed by atoms with Gasteiger partial charge in [-0.2, -0.15) is 16.7 Å². The Bertz CT molecular complexity index is 2100. The Balaban J connectivity index is 0.684. The highest BCUT2D eigenvalue weighted by molar-refractivity contribution is 8.00. The molecule has 2 unspecified atom stereocenters. The largest absolute Gasteiger partial charge is 0.493 e. The number of aromatic nitrogens is 2. The molecule has 376 valence electrons. The molecule has 69 heavy (non-hydrogen) atoms. The molecule has 8 N–H and O–H groups in total. The number of epoxide rings is 1. The molecule has 5 atom stereocenters. The summed E-state index contributed by atoms with van der Waals surface area (Å²) < 4.78 is 28.2. The second-order valence-corrected chi connectivity index (χ2v) is 18.3. The summed E-state index contributed by atoms with van der Waals surface area (Å²) in [4.78, 5) is 57.3. The zero-order valence-corrected chi connectivity index (χ0v) is 40.5. The Hall–Kier alpha value is -5.67. The van der Waals surface area contributed by atoms with Crippen LogP contribution >= 0.6 is 11.8 Å². The van der Waals surface area contributed by atoms with E-state index in [2.05, 4.69) is 54.1 Å². The third kappa shape index (κ3) is 19.7. The standard InChI is InChI=1S/C49H70N10O9S/c1-3-40-47(68-40)55-36-13-6-12-35(30-36)54-46-34(2)32-53-48(59-46)56-37-14-7-15-38(31-37)67-25-11-22-52-44(62)19-8-18-43(61)51-21-10-24-65-27-29-66-28-26-64-23-9-20-50-42(60)17-5-4-16-41-45-39(33-69-41)57-49(63)58-45/h3,6-7,12-15,30-32,39-41,45,47,55H,1,4-5,8-11,16-29,33H2,2H3,(H,50,60)(H,51,61)(H,52,62)(H2,57,58,63)(H2,53,54,56,59)/t39-,40?,41-,45-,47?/m0/s1. The Morgan fingerprint density at radius 3 is 2.07 bits per heavy atom. The van der Waals surface area contributed by atoms with Gasteiger partial charge in [-0.3, -0.25) is 14.4 Å². The average molecular weight is 975 g/mol. The first-order valence-corrected chi connectivity index (χ1v) is 25.2. The van der Waals surface area contributed by atoms with Crippen molar-refractivity contribution in [1.82, 2.24) is 36.6 Å². The van der Waals surface area contributed by atoms with Gasteiger partial charge < -0.3 is 66.2 Å². The highest BCUT2D eigenvalue weighted by atomic mass is 32.2. The number of ether oxygens (including phenoxy) is 5. The molecule has 0 saturated carbocycles. The number of hydrogen-bond donors (Lipinski definition) is 8. The number of anilines is 5. The fraction of sp³-hybridized carbons (Fsp3) is 0.551. The van der Waals surface area contributed by atoms with Gasteiger partial charge in [-0.1, -0.05) is 24.6 Å². The topological polar surface area (TPSA) is 240 Å². The monoisotopic (exact) mass is 975 g/mol. The van der Waals surface area contributed by atoms with E-state index in [1.54, 1.807) is 12.3 Å². The lowest BCUT2D eigenvalue weighted by atomic mass is 10.0. The van der Waals surface area contributed by atoms with Crippen LogP contribution in [0.1, 0.15) is 69.8 Å². The lowest BCUT2D eigenvalue weighted by Crippen LogP contribution is -2.36. The van der Waals surface area contributed by atoms with Crippen molar-refractivity contribution in [2.75, 3.05) is 87.6 Å². The van der Waals surface area contributed by atoms with Gasteiger partial charge in [0.05, 0.1) is 45.1 Å². The Morgan fingerprint density at radius 1 is 0.768 bits per heavy atom. The molecule has 3 saturated heterocycles. The van der Waals surface area contributed by atoms with Gasteiger partial charge in [0.2, 0.25) is 23.7 Å². The van der Waals surface area contributed by atoms with Crippen molar-refractivity contribution in [2.45, 2.75) is 101 Å². The number of fused-ring (bicyclic) bond motifs is 1. The fourth-order valence-corrected chi connectivity index (χ4v) is 9.16. The number of carbonyl (C=O) groups excluding carboxylic acids is 4. The van der Waals surface area contributed by atoms with Crippen LogP contribution in [0.3, 0.4) is 0 Å². The van der Waals surface area contributed by atoms with Crippen LogP contribution in [0.5, 0.6) is 5.75 Å². The van der Waals surface area contributed by atoms with Gasteiger partial charge in [0.25, 0.3) is 0 Å². The van der Waals surface area contributed by atoms with Gasteiger partial charge in [0.15, 0.2) is 6.23 Å². The first-order chi connectivity index (χ1) is 33.7. The van der Waals surface area contributed by atoms with E-state index in [1.165, 1.54) is 0 Å².